The Morgan fingerprint density at radius 2 is 1.70 bits per heavy atom. The Kier molecular flexibility index (Phi) is 3.35. The summed E-state index contributed by atoms with van der Waals surface area (Å²) in [5, 5.41) is 8.90. The second-order valence-electron chi connectivity index (χ2n) is 4.22. The van der Waals surface area contributed by atoms with Crippen LogP contribution in [0, 0.1) is 0 Å². The quantitative estimate of drug-likeness (QED) is 0.673. The van der Waals surface area contributed by atoms with Crippen LogP contribution >= 0.6 is 31.9 Å². The fourth-order valence-corrected chi connectivity index (χ4v) is 2.77. The van der Waals surface area contributed by atoms with Crippen molar-refractivity contribution in [2.24, 2.45) is 0 Å². The fourth-order valence-electron chi connectivity index (χ4n) is 1.93. The molecule has 6 heteroatoms. The summed E-state index contributed by atoms with van der Waals surface area (Å²) in [5.41, 5.74) is 2.82. The second kappa shape index (κ2) is 5.03. The summed E-state index contributed by atoms with van der Waals surface area (Å²) in [6, 6.07) is 10.5. The van der Waals surface area contributed by atoms with Gasteiger partial charge in [0.25, 0.3) is 0 Å². The monoisotopic (exact) mass is 394 g/mol. The van der Waals surface area contributed by atoms with Crippen LogP contribution in [0.5, 0.6) is 0 Å². The zero-order valence-electron chi connectivity index (χ0n) is 10.0. The molecule has 0 atom stereocenters. The van der Waals surface area contributed by atoms with Crippen LogP contribution in [0.3, 0.4) is 0 Å². The van der Waals surface area contributed by atoms with E-state index in [9.17, 15) is 4.79 Å². The van der Waals surface area contributed by atoms with E-state index >= 15 is 0 Å². The molecule has 0 bridgehead atoms. The van der Waals surface area contributed by atoms with E-state index in [0.29, 0.717) is 5.82 Å². The van der Waals surface area contributed by atoms with Crippen LogP contribution < -0.4 is 0 Å². The van der Waals surface area contributed by atoms with E-state index in [1.165, 1.54) is 0 Å². The number of benzene rings is 2. The number of carbonyl (C=O) groups is 1. The number of rotatable bonds is 2. The van der Waals surface area contributed by atoms with Crippen LogP contribution in [0.25, 0.3) is 22.4 Å². The number of aromatic carboxylic acids is 1. The van der Waals surface area contributed by atoms with E-state index < -0.39 is 5.97 Å². The molecule has 0 saturated heterocycles. The first kappa shape index (κ1) is 13.3. The van der Waals surface area contributed by atoms with Gasteiger partial charge in [-0.25, -0.2) is 9.78 Å². The lowest BCUT2D eigenvalue weighted by atomic mass is 10.1. The predicted octanol–water partition coefficient (Wildman–Crippen LogP) is 4.45. The summed E-state index contributed by atoms with van der Waals surface area (Å²) < 4.78 is 1.83. The van der Waals surface area contributed by atoms with Crippen molar-refractivity contribution in [1.82, 2.24) is 9.97 Å². The smallest absolute Gasteiger partial charge is 0.335 e. The van der Waals surface area contributed by atoms with Gasteiger partial charge in [-0.05, 0) is 56.1 Å². The number of hydrogen-bond donors (Lipinski definition) is 2. The highest BCUT2D eigenvalue weighted by molar-refractivity contribution is 9.11. The van der Waals surface area contributed by atoms with Crippen LogP contribution in [-0.4, -0.2) is 21.0 Å². The Balaban J connectivity index is 2.12. The highest BCUT2D eigenvalue weighted by atomic mass is 79.9. The molecule has 0 saturated carbocycles. The molecule has 0 aliphatic carbocycles. The summed E-state index contributed by atoms with van der Waals surface area (Å²) >= 11 is 6.94. The zero-order valence-corrected chi connectivity index (χ0v) is 13.2. The molecule has 0 fully saturated rings. The Morgan fingerprint density at radius 1 is 1.05 bits per heavy atom. The van der Waals surface area contributed by atoms with Crippen LogP contribution in [0.1, 0.15) is 10.4 Å². The number of nitrogens with zero attached hydrogens (tertiary/aromatic N) is 1. The number of aromatic nitrogens is 2. The van der Waals surface area contributed by atoms with Gasteiger partial charge in [-0.2, -0.15) is 0 Å². The van der Waals surface area contributed by atoms with Crippen molar-refractivity contribution >= 4 is 48.9 Å². The summed E-state index contributed by atoms with van der Waals surface area (Å²) in [4.78, 5) is 18.6. The van der Waals surface area contributed by atoms with E-state index in [4.69, 9.17) is 5.11 Å². The molecule has 1 heterocycles. The summed E-state index contributed by atoms with van der Waals surface area (Å²) in [7, 11) is 0. The largest absolute Gasteiger partial charge is 0.478 e. The van der Waals surface area contributed by atoms with E-state index in [-0.39, 0.29) is 5.56 Å². The molecule has 0 spiro atoms. The third kappa shape index (κ3) is 2.25. The van der Waals surface area contributed by atoms with Gasteiger partial charge in [-0.3, -0.25) is 0 Å². The standard InChI is InChI=1S/C14H8Br2N2O2/c15-9-5-6-10(16)12-11(9)17-13(18-12)7-1-3-8(4-2-7)14(19)20/h1-6H,(H,17,18)(H,19,20). The number of carboxylic acids is 1. The van der Waals surface area contributed by atoms with Crippen molar-refractivity contribution in [3.05, 3.63) is 50.9 Å². The average Bonchev–Trinajstić information content (AvgIpc) is 2.89. The molecule has 2 N–H and O–H groups in total. The molecule has 0 aliphatic heterocycles. The molecule has 3 aromatic rings. The van der Waals surface area contributed by atoms with Crippen LogP contribution in [-0.2, 0) is 0 Å². The van der Waals surface area contributed by atoms with Gasteiger partial charge >= 0.3 is 5.97 Å². The first-order valence-electron chi connectivity index (χ1n) is 5.73. The third-order valence-corrected chi connectivity index (χ3v) is 4.25. The van der Waals surface area contributed by atoms with E-state index in [2.05, 4.69) is 41.8 Å². The maximum atomic E-state index is 10.8. The molecule has 2 aromatic carbocycles. The molecule has 4 nitrogen and oxygen atoms in total. The molecule has 100 valence electrons. The van der Waals surface area contributed by atoms with E-state index in [1.807, 2.05) is 12.1 Å². The van der Waals surface area contributed by atoms with E-state index in [1.54, 1.807) is 24.3 Å². The minimum atomic E-state index is -0.938. The topological polar surface area (TPSA) is 66.0 Å². The summed E-state index contributed by atoms with van der Waals surface area (Å²) in [6.07, 6.45) is 0. The van der Waals surface area contributed by atoms with E-state index in [0.717, 1.165) is 25.5 Å². The maximum absolute atomic E-state index is 10.8. The van der Waals surface area contributed by atoms with Gasteiger partial charge in [-0.15, -0.1) is 0 Å². The average molecular weight is 396 g/mol. The molecule has 0 radical (unpaired) electrons. The number of carboxylic acid groups (broad SMARTS) is 1. The van der Waals surface area contributed by atoms with Crippen molar-refractivity contribution < 1.29 is 9.90 Å². The zero-order chi connectivity index (χ0) is 14.3. The van der Waals surface area contributed by atoms with Crippen LogP contribution in [0.4, 0.5) is 0 Å². The highest BCUT2D eigenvalue weighted by Gasteiger charge is 2.11. The number of fused-ring (bicyclic) bond motifs is 1. The number of aromatic amines is 1. The summed E-state index contributed by atoms with van der Waals surface area (Å²) in [5.74, 6) is -0.240. The Labute approximate surface area is 131 Å². The van der Waals surface area contributed by atoms with Crippen molar-refractivity contribution in [3.8, 4) is 11.4 Å². The Hall–Kier alpha value is -1.66. The SMILES string of the molecule is O=C(O)c1ccc(-c2nc3c(Br)ccc(Br)c3[nH]2)cc1. The predicted molar refractivity (Wildman–Crippen MR) is 83.9 cm³/mol. The normalized spacial score (nSPS) is 10.9. The van der Waals surface area contributed by atoms with Gasteiger partial charge < -0.3 is 10.1 Å². The molecule has 20 heavy (non-hydrogen) atoms. The fraction of sp³-hybridized carbons (Fsp3) is 0. The molecule has 3 rings (SSSR count). The molecule has 0 aliphatic rings. The second-order valence-corrected chi connectivity index (χ2v) is 5.93. The lowest BCUT2D eigenvalue weighted by Crippen LogP contribution is -1.95. The number of imidazole rings is 1. The lowest BCUT2D eigenvalue weighted by Gasteiger charge is -1.97. The molecular weight excluding hydrogens is 388 g/mol. The number of nitrogens with one attached hydrogen (secondary N) is 1. The molecule has 0 amide bonds. The van der Waals surface area contributed by atoms with Gasteiger partial charge in [0.05, 0.1) is 11.1 Å². The summed E-state index contributed by atoms with van der Waals surface area (Å²) in [6.45, 7) is 0. The molecule has 1 aromatic heterocycles. The number of halogens is 2. The van der Waals surface area contributed by atoms with Gasteiger partial charge in [0.2, 0.25) is 0 Å². The molecule has 0 unspecified atom stereocenters. The Morgan fingerprint density at radius 3 is 2.30 bits per heavy atom. The number of H-pyrrole nitrogens is 1. The van der Waals surface area contributed by atoms with Gasteiger partial charge in [-0.1, -0.05) is 12.1 Å². The minimum Gasteiger partial charge on any atom is -0.478 e. The highest BCUT2D eigenvalue weighted by Crippen LogP contribution is 2.31. The third-order valence-electron chi connectivity index (χ3n) is 2.95. The number of hydrogen-bond acceptors (Lipinski definition) is 2. The van der Waals surface area contributed by atoms with Gasteiger partial charge in [0, 0.05) is 14.5 Å². The minimum absolute atomic E-state index is 0.257. The van der Waals surface area contributed by atoms with Crippen molar-refractivity contribution in [1.29, 1.82) is 0 Å². The van der Waals surface area contributed by atoms with Gasteiger partial charge in [0.15, 0.2) is 0 Å². The van der Waals surface area contributed by atoms with Crippen LogP contribution in [0.2, 0.25) is 0 Å². The first-order valence-corrected chi connectivity index (χ1v) is 7.32. The van der Waals surface area contributed by atoms with Crippen molar-refractivity contribution in [2.75, 3.05) is 0 Å². The Bertz CT molecular complexity index is 771. The molecular formula is C14H8Br2N2O2. The lowest BCUT2D eigenvalue weighted by molar-refractivity contribution is 0.0697. The first-order chi connectivity index (χ1) is 9.56. The van der Waals surface area contributed by atoms with Gasteiger partial charge in [0.1, 0.15) is 11.3 Å². The van der Waals surface area contributed by atoms with Crippen molar-refractivity contribution in [3.63, 3.8) is 0 Å². The van der Waals surface area contributed by atoms with Crippen LogP contribution in [0.15, 0.2) is 45.3 Å². The van der Waals surface area contributed by atoms with Crippen molar-refractivity contribution in [2.45, 2.75) is 0 Å². The maximum Gasteiger partial charge on any atom is 0.335 e.